The number of carbonyl (C=O) groups is 1. The zero-order valence-corrected chi connectivity index (χ0v) is 6.67. The van der Waals surface area contributed by atoms with Crippen molar-refractivity contribution in [1.29, 1.82) is 0 Å². The minimum Gasteiger partial charge on any atom is -0.361 e. The Labute approximate surface area is 66.2 Å². The molecule has 2 fully saturated rings. The number of allylic oxidation sites excluding steroid dienone is 1. The van der Waals surface area contributed by atoms with Gasteiger partial charge in [-0.1, -0.05) is 12.2 Å². The van der Waals surface area contributed by atoms with Crippen LogP contribution < -0.4 is 0 Å². The van der Waals surface area contributed by atoms with Gasteiger partial charge in [0.2, 0.25) is 0 Å². The molecule has 0 aromatic carbocycles. The Morgan fingerprint density at radius 1 is 1.73 bits per heavy atom. The molecule has 0 spiro atoms. The molecule has 1 heterocycles. The summed E-state index contributed by atoms with van der Waals surface area (Å²) in [5, 5.41) is 0. The first kappa shape index (κ1) is 7.04. The average molecular weight is 152 g/mol. The average Bonchev–Trinajstić information content (AvgIpc) is 2.66. The van der Waals surface area contributed by atoms with Crippen molar-refractivity contribution in [2.24, 2.45) is 5.92 Å². The van der Waals surface area contributed by atoms with Crippen molar-refractivity contribution >= 4 is 5.78 Å². The Morgan fingerprint density at radius 3 is 3.00 bits per heavy atom. The SMILES string of the molecule is C=C(C)[C@H]1CC(=O)C2OC2C1. The number of Topliss-reactive ketones (excluding diaryl/α,β-unsaturated/α-hetero) is 1. The summed E-state index contributed by atoms with van der Waals surface area (Å²) in [5.74, 6) is 0.653. The predicted molar refractivity (Wildman–Crippen MR) is 41.2 cm³/mol. The van der Waals surface area contributed by atoms with E-state index in [1.165, 1.54) is 0 Å². The molecule has 1 saturated heterocycles. The fourth-order valence-corrected chi connectivity index (χ4v) is 1.70. The summed E-state index contributed by atoms with van der Waals surface area (Å²) >= 11 is 0. The van der Waals surface area contributed by atoms with Gasteiger partial charge < -0.3 is 4.74 Å². The summed E-state index contributed by atoms with van der Waals surface area (Å²) < 4.78 is 5.18. The van der Waals surface area contributed by atoms with Gasteiger partial charge in [-0.3, -0.25) is 4.79 Å². The first-order chi connectivity index (χ1) is 5.18. The zero-order chi connectivity index (χ0) is 8.01. The van der Waals surface area contributed by atoms with Crippen LogP contribution >= 0.6 is 0 Å². The Hall–Kier alpha value is -0.630. The summed E-state index contributed by atoms with van der Waals surface area (Å²) in [5.41, 5.74) is 1.12. The summed E-state index contributed by atoms with van der Waals surface area (Å²) in [4.78, 5) is 11.2. The molecule has 11 heavy (non-hydrogen) atoms. The molecule has 3 atom stereocenters. The molecule has 0 bridgehead atoms. The maximum absolute atomic E-state index is 11.2. The Balaban J connectivity index is 2.05. The van der Waals surface area contributed by atoms with Crippen molar-refractivity contribution in [2.75, 3.05) is 0 Å². The number of ketones is 1. The molecule has 2 nitrogen and oxygen atoms in total. The van der Waals surface area contributed by atoms with Crippen LogP contribution in [0.3, 0.4) is 0 Å². The van der Waals surface area contributed by atoms with E-state index >= 15 is 0 Å². The topological polar surface area (TPSA) is 29.6 Å². The number of ether oxygens (including phenoxy) is 1. The molecule has 0 radical (unpaired) electrons. The van der Waals surface area contributed by atoms with E-state index in [0.717, 1.165) is 12.0 Å². The third-order valence-electron chi connectivity index (χ3n) is 2.56. The van der Waals surface area contributed by atoms with Crippen LogP contribution in [-0.4, -0.2) is 18.0 Å². The van der Waals surface area contributed by atoms with Crippen LogP contribution in [0, 0.1) is 5.92 Å². The molecule has 1 aliphatic carbocycles. The van der Waals surface area contributed by atoms with Gasteiger partial charge in [0.05, 0.1) is 6.10 Å². The van der Waals surface area contributed by atoms with Crippen LogP contribution in [-0.2, 0) is 9.53 Å². The van der Waals surface area contributed by atoms with E-state index in [1.54, 1.807) is 0 Å². The number of hydrogen-bond donors (Lipinski definition) is 0. The van der Waals surface area contributed by atoms with Gasteiger partial charge in [0.15, 0.2) is 5.78 Å². The first-order valence-corrected chi connectivity index (χ1v) is 4.02. The van der Waals surface area contributed by atoms with Crippen LogP contribution in [0.5, 0.6) is 0 Å². The quantitative estimate of drug-likeness (QED) is 0.419. The largest absolute Gasteiger partial charge is 0.361 e. The van der Waals surface area contributed by atoms with Crippen LogP contribution in [0.25, 0.3) is 0 Å². The van der Waals surface area contributed by atoms with Crippen LogP contribution in [0.1, 0.15) is 19.8 Å². The van der Waals surface area contributed by atoms with Crippen molar-refractivity contribution in [2.45, 2.75) is 32.0 Å². The highest BCUT2D eigenvalue weighted by atomic mass is 16.6. The molecule has 0 amide bonds. The molecule has 2 rings (SSSR count). The molecular weight excluding hydrogens is 140 g/mol. The van der Waals surface area contributed by atoms with Gasteiger partial charge in [0.25, 0.3) is 0 Å². The second kappa shape index (κ2) is 2.18. The fourth-order valence-electron chi connectivity index (χ4n) is 1.70. The first-order valence-electron chi connectivity index (χ1n) is 4.02. The number of fused-ring (bicyclic) bond motifs is 1. The Kier molecular flexibility index (Phi) is 1.39. The van der Waals surface area contributed by atoms with E-state index in [4.69, 9.17) is 4.74 Å². The highest BCUT2D eigenvalue weighted by molar-refractivity contribution is 5.87. The van der Waals surface area contributed by atoms with E-state index < -0.39 is 0 Å². The van der Waals surface area contributed by atoms with E-state index in [-0.39, 0.29) is 18.0 Å². The predicted octanol–water partition coefficient (Wildman–Crippen LogP) is 1.31. The van der Waals surface area contributed by atoms with Gasteiger partial charge in [-0.2, -0.15) is 0 Å². The second-order valence-electron chi connectivity index (χ2n) is 3.54. The van der Waals surface area contributed by atoms with Crippen LogP contribution in [0.2, 0.25) is 0 Å². The van der Waals surface area contributed by atoms with Crippen LogP contribution in [0.4, 0.5) is 0 Å². The van der Waals surface area contributed by atoms with Crippen molar-refractivity contribution in [3.05, 3.63) is 12.2 Å². The lowest BCUT2D eigenvalue weighted by molar-refractivity contribution is -0.121. The van der Waals surface area contributed by atoms with Gasteiger partial charge in [0.1, 0.15) is 6.10 Å². The molecule has 0 N–H and O–H groups in total. The van der Waals surface area contributed by atoms with Gasteiger partial charge in [-0.05, 0) is 19.3 Å². The molecule has 1 saturated carbocycles. The lowest BCUT2D eigenvalue weighted by Crippen LogP contribution is -2.23. The van der Waals surface area contributed by atoms with Crippen molar-refractivity contribution in [3.8, 4) is 0 Å². The van der Waals surface area contributed by atoms with E-state index in [0.29, 0.717) is 12.3 Å². The highest BCUT2D eigenvalue weighted by Crippen LogP contribution is 2.39. The van der Waals surface area contributed by atoms with Crippen molar-refractivity contribution in [1.82, 2.24) is 0 Å². The highest BCUT2D eigenvalue weighted by Gasteiger charge is 2.49. The fraction of sp³-hybridized carbons (Fsp3) is 0.667. The molecule has 2 unspecified atom stereocenters. The maximum Gasteiger partial charge on any atom is 0.164 e. The monoisotopic (exact) mass is 152 g/mol. The lowest BCUT2D eigenvalue weighted by atomic mass is 9.84. The third kappa shape index (κ3) is 1.11. The molecule has 0 aromatic heterocycles. The van der Waals surface area contributed by atoms with Crippen molar-refractivity contribution < 1.29 is 9.53 Å². The standard InChI is InChI=1S/C9H12O2/c1-5(2)6-3-7(10)9-8(4-6)11-9/h6,8-9H,1,3-4H2,2H3/t6-,8?,9?/m0/s1. The molecule has 0 aromatic rings. The summed E-state index contributed by atoms with van der Waals surface area (Å²) in [6.07, 6.45) is 1.85. The van der Waals surface area contributed by atoms with E-state index in [9.17, 15) is 4.79 Å². The number of rotatable bonds is 1. The summed E-state index contributed by atoms with van der Waals surface area (Å²) in [6, 6.07) is 0. The third-order valence-corrected chi connectivity index (χ3v) is 2.56. The maximum atomic E-state index is 11.2. The van der Waals surface area contributed by atoms with Crippen molar-refractivity contribution in [3.63, 3.8) is 0 Å². The van der Waals surface area contributed by atoms with Gasteiger partial charge in [-0.25, -0.2) is 0 Å². The van der Waals surface area contributed by atoms with E-state index in [1.807, 2.05) is 6.92 Å². The Morgan fingerprint density at radius 2 is 2.45 bits per heavy atom. The van der Waals surface area contributed by atoms with Crippen LogP contribution in [0.15, 0.2) is 12.2 Å². The minimum atomic E-state index is -0.0365. The number of carbonyl (C=O) groups excluding carboxylic acids is 1. The lowest BCUT2D eigenvalue weighted by Gasteiger charge is -2.17. The molecular formula is C9H12O2. The normalized spacial score (nSPS) is 41.5. The Bertz CT molecular complexity index is 220. The summed E-state index contributed by atoms with van der Waals surface area (Å²) in [7, 11) is 0. The molecule has 1 aliphatic heterocycles. The molecule has 2 aliphatic rings. The van der Waals surface area contributed by atoms with Gasteiger partial charge in [0, 0.05) is 6.42 Å². The smallest absolute Gasteiger partial charge is 0.164 e. The number of hydrogen-bond acceptors (Lipinski definition) is 2. The minimum absolute atomic E-state index is 0.0365. The summed E-state index contributed by atoms with van der Waals surface area (Å²) in [6.45, 7) is 5.85. The zero-order valence-electron chi connectivity index (χ0n) is 6.67. The van der Waals surface area contributed by atoms with Gasteiger partial charge in [-0.15, -0.1) is 0 Å². The second-order valence-corrected chi connectivity index (χ2v) is 3.54. The molecule has 2 heteroatoms. The molecule has 60 valence electrons. The van der Waals surface area contributed by atoms with Gasteiger partial charge >= 0.3 is 0 Å². The number of epoxide rings is 1. The van der Waals surface area contributed by atoms with E-state index in [2.05, 4.69) is 6.58 Å².